The van der Waals surface area contributed by atoms with Crippen molar-refractivity contribution >= 4 is 39.1 Å². The summed E-state index contributed by atoms with van der Waals surface area (Å²) in [6.45, 7) is 1.70. The summed E-state index contributed by atoms with van der Waals surface area (Å²) in [6, 6.07) is 16.7. The Labute approximate surface area is 171 Å². The van der Waals surface area contributed by atoms with Gasteiger partial charge in [-0.25, -0.2) is 9.78 Å². The van der Waals surface area contributed by atoms with Crippen molar-refractivity contribution in [3.63, 3.8) is 0 Å². The number of aromatic nitrogens is 2. The number of ether oxygens (including phenoxy) is 1. The smallest absolute Gasteiger partial charge is 0.338 e. The Balaban J connectivity index is 1.37. The molecule has 6 nitrogen and oxygen atoms in total. The van der Waals surface area contributed by atoms with Gasteiger partial charge in [0.1, 0.15) is 5.01 Å². The normalized spacial score (nSPS) is 10.7. The van der Waals surface area contributed by atoms with Crippen LogP contribution < -0.4 is 5.32 Å². The lowest BCUT2D eigenvalue weighted by molar-refractivity contribution is -0.119. The average molecular weight is 403 g/mol. The van der Waals surface area contributed by atoms with Gasteiger partial charge in [-0.3, -0.25) is 9.78 Å². The van der Waals surface area contributed by atoms with Crippen LogP contribution in [-0.2, 0) is 9.53 Å². The number of carbonyl (C=O) groups is 2. The summed E-state index contributed by atoms with van der Waals surface area (Å²) >= 11 is 1.63. The summed E-state index contributed by atoms with van der Waals surface area (Å²) < 4.78 is 6.16. The van der Waals surface area contributed by atoms with E-state index in [-0.39, 0.29) is 6.61 Å². The topological polar surface area (TPSA) is 81.2 Å². The largest absolute Gasteiger partial charge is 0.452 e. The fourth-order valence-electron chi connectivity index (χ4n) is 2.75. The third-order valence-corrected chi connectivity index (χ3v) is 5.28. The maximum absolute atomic E-state index is 12.0. The first-order valence-electron chi connectivity index (χ1n) is 8.93. The Morgan fingerprint density at radius 1 is 1.03 bits per heavy atom. The lowest BCUT2D eigenvalue weighted by Crippen LogP contribution is -2.20. The molecule has 0 bridgehead atoms. The van der Waals surface area contributed by atoms with E-state index in [0.29, 0.717) is 11.3 Å². The Hall–Kier alpha value is -3.58. The zero-order valence-corrected chi connectivity index (χ0v) is 16.4. The van der Waals surface area contributed by atoms with Crippen LogP contribution in [0.5, 0.6) is 0 Å². The van der Waals surface area contributed by atoms with Crippen molar-refractivity contribution in [1.82, 2.24) is 9.97 Å². The zero-order valence-electron chi connectivity index (χ0n) is 15.6. The van der Waals surface area contributed by atoms with Crippen LogP contribution in [0.15, 0.2) is 67.0 Å². The number of nitrogens with zero attached hydrogens (tertiary/aromatic N) is 2. The molecule has 29 heavy (non-hydrogen) atoms. The second kappa shape index (κ2) is 8.20. The fourth-order valence-corrected chi connectivity index (χ4v) is 3.82. The van der Waals surface area contributed by atoms with Crippen molar-refractivity contribution in [3.8, 4) is 10.6 Å². The van der Waals surface area contributed by atoms with Crippen molar-refractivity contribution in [1.29, 1.82) is 0 Å². The summed E-state index contributed by atoms with van der Waals surface area (Å²) in [5.74, 6) is -0.973. The van der Waals surface area contributed by atoms with E-state index in [9.17, 15) is 9.59 Å². The molecule has 1 amide bonds. The number of esters is 1. The molecule has 0 saturated carbocycles. The minimum atomic E-state index is -0.566. The molecule has 2 heterocycles. The van der Waals surface area contributed by atoms with Gasteiger partial charge in [0.15, 0.2) is 6.61 Å². The molecule has 0 radical (unpaired) electrons. The molecule has 0 atom stereocenters. The van der Waals surface area contributed by atoms with Gasteiger partial charge in [-0.15, -0.1) is 11.3 Å². The van der Waals surface area contributed by atoms with Crippen LogP contribution in [0.4, 0.5) is 5.69 Å². The summed E-state index contributed by atoms with van der Waals surface area (Å²) in [5.41, 5.74) is 4.13. The Morgan fingerprint density at radius 3 is 2.55 bits per heavy atom. The number of carbonyl (C=O) groups excluding carboxylic acids is 2. The van der Waals surface area contributed by atoms with Gasteiger partial charge in [-0.05, 0) is 61.0 Å². The first-order chi connectivity index (χ1) is 14.1. The minimum Gasteiger partial charge on any atom is -0.452 e. The van der Waals surface area contributed by atoms with Crippen molar-refractivity contribution in [2.24, 2.45) is 0 Å². The van der Waals surface area contributed by atoms with Crippen molar-refractivity contribution in [2.45, 2.75) is 6.92 Å². The molecule has 7 heteroatoms. The molecule has 2 aromatic carbocycles. The molecule has 4 aromatic rings. The number of nitrogens with one attached hydrogen (secondary N) is 1. The van der Waals surface area contributed by atoms with Crippen LogP contribution in [0.3, 0.4) is 0 Å². The van der Waals surface area contributed by atoms with Gasteiger partial charge >= 0.3 is 5.97 Å². The highest BCUT2D eigenvalue weighted by molar-refractivity contribution is 7.21. The van der Waals surface area contributed by atoms with Crippen LogP contribution in [-0.4, -0.2) is 28.5 Å². The van der Waals surface area contributed by atoms with E-state index in [1.165, 1.54) is 30.1 Å². The van der Waals surface area contributed by atoms with Crippen LogP contribution in [0.1, 0.15) is 15.9 Å². The molecule has 0 aliphatic rings. The monoisotopic (exact) mass is 403 g/mol. The van der Waals surface area contributed by atoms with Gasteiger partial charge in [-0.1, -0.05) is 6.07 Å². The number of thiazole rings is 1. The van der Waals surface area contributed by atoms with Crippen molar-refractivity contribution < 1.29 is 14.3 Å². The van der Waals surface area contributed by atoms with E-state index in [0.717, 1.165) is 20.8 Å². The Morgan fingerprint density at radius 2 is 1.79 bits per heavy atom. The van der Waals surface area contributed by atoms with Crippen LogP contribution >= 0.6 is 11.3 Å². The molecule has 1 N–H and O–H groups in total. The lowest BCUT2D eigenvalue weighted by Gasteiger charge is -2.07. The molecule has 144 valence electrons. The number of aryl methyl sites for hydroxylation is 1. The molecule has 0 fully saturated rings. The summed E-state index contributed by atoms with van der Waals surface area (Å²) in [6.07, 6.45) is 2.98. The number of amides is 1. The number of hydrogen-bond donors (Lipinski definition) is 1. The standard InChI is InChI=1S/C22H17N3O3S/c1-14-2-7-18-19(12-14)29-21(25-18)15-3-5-17(6-4-15)24-20(26)13-28-22(27)16-8-10-23-11-9-16/h2-12H,13H2,1H3,(H,24,26). The average Bonchev–Trinajstić information content (AvgIpc) is 3.16. The summed E-state index contributed by atoms with van der Waals surface area (Å²) in [7, 11) is 0. The van der Waals surface area contributed by atoms with Gasteiger partial charge in [0.2, 0.25) is 0 Å². The molecule has 0 aliphatic heterocycles. The molecular weight excluding hydrogens is 386 g/mol. The molecule has 0 unspecified atom stereocenters. The van der Waals surface area contributed by atoms with Crippen molar-refractivity contribution in [2.75, 3.05) is 11.9 Å². The highest BCUT2D eigenvalue weighted by atomic mass is 32.1. The predicted molar refractivity (Wildman–Crippen MR) is 113 cm³/mol. The van der Waals surface area contributed by atoms with Gasteiger partial charge in [0, 0.05) is 23.6 Å². The number of fused-ring (bicyclic) bond motifs is 1. The molecule has 2 aromatic heterocycles. The Bertz CT molecular complexity index is 1170. The third-order valence-electron chi connectivity index (χ3n) is 4.21. The SMILES string of the molecule is Cc1ccc2nc(-c3ccc(NC(=O)COC(=O)c4ccncc4)cc3)sc2c1. The Kier molecular flexibility index (Phi) is 5.31. The number of anilines is 1. The van der Waals surface area contributed by atoms with Crippen LogP contribution in [0.25, 0.3) is 20.8 Å². The highest BCUT2D eigenvalue weighted by Gasteiger charge is 2.11. The van der Waals surface area contributed by atoms with E-state index in [2.05, 4.69) is 28.3 Å². The maximum Gasteiger partial charge on any atom is 0.338 e. The number of pyridine rings is 1. The van der Waals surface area contributed by atoms with E-state index in [4.69, 9.17) is 4.74 Å². The van der Waals surface area contributed by atoms with Gasteiger partial charge < -0.3 is 10.1 Å². The predicted octanol–water partition coefficient (Wildman–Crippen LogP) is 4.46. The zero-order chi connectivity index (χ0) is 20.2. The summed E-state index contributed by atoms with van der Waals surface area (Å²) in [4.78, 5) is 32.4. The van der Waals surface area contributed by atoms with E-state index >= 15 is 0 Å². The van der Waals surface area contributed by atoms with E-state index in [1.54, 1.807) is 23.5 Å². The second-order valence-corrected chi connectivity index (χ2v) is 7.46. The van der Waals surface area contributed by atoms with Gasteiger partial charge in [0.25, 0.3) is 5.91 Å². The number of hydrogen-bond acceptors (Lipinski definition) is 6. The number of benzene rings is 2. The molecule has 0 spiro atoms. The molecular formula is C22H17N3O3S. The lowest BCUT2D eigenvalue weighted by atomic mass is 10.2. The third kappa shape index (κ3) is 4.47. The minimum absolute atomic E-state index is 0.350. The van der Waals surface area contributed by atoms with Crippen LogP contribution in [0.2, 0.25) is 0 Å². The fraction of sp³-hybridized carbons (Fsp3) is 0.0909. The highest BCUT2D eigenvalue weighted by Crippen LogP contribution is 2.31. The maximum atomic E-state index is 12.0. The van der Waals surface area contributed by atoms with Crippen LogP contribution in [0, 0.1) is 6.92 Å². The van der Waals surface area contributed by atoms with Gasteiger partial charge in [-0.2, -0.15) is 0 Å². The quantitative estimate of drug-likeness (QED) is 0.498. The van der Waals surface area contributed by atoms with Crippen molar-refractivity contribution in [3.05, 3.63) is 78.1 Å². The first kappa shape index (κ1) is 18.8. The van der Waals surface area contributed by atoms with E-state index in [1.807, 2.05) is 24.3 Å². The van der Waals surface area contributed by atoms with E-state index < -0.39 is 11.9 Å². The first-order valence-corrected chi connectivity index (χ1v) is 9.75. The molecule has 4 rings (SSSR count). The molecule has 0 aliphatic carbocycles. The second-order valence-electron chi connectivity index (χ2n) is 6.43. The van der Waals surface area contributed by atoms with Gasteiger partial charge in [0.05, 0.1) is 15.8 Å². The molecule has 0 saturated heterocycles. The summed E-state index contributed by atoms with van der Waals surface area (Å²) in [5, 5.41) is 3.64. The number of rotatable bonds is 5.